The van der Waals surface area contributed by atoms with Crippen LogP contribution in [-0.2, 0) is 20.5 Å². The molecule has 1 saturated heterocycles. The molecule has 12 heteroatoms. The van der Waals surface area contributed by atoms with Crippen molar-refractivity contribution in [1.82, 2.24) is 15.5 Å². The molecule has 0 bridgehead atoms. The van der Waals surface area contributed by atoms with Gasteiger partial charge in [-0.1, -0.05) is 63.9 Å². The van der Waals surface area contributed by atoms with Crippen molar-refractivity contribution in [1.29, 1.82) is 0 Å². The average Bonchev–Trinajstić information content (AvgIpc) is 3.24. The number of urea groups is 1. The number of likely N-dealkylation sites (tertiary alicyclic amines) is 1. The fourth-order valence-electron chi connectivity index (χ4n) is 4.64. The van der Waals surface area contributed by atoms with Gasteiger partial charge in [-0.2, -0.15) is 13.2 Å². The minimum absolute atomic E-state index is 0.0234. The van der Waals surface area contributed by atoms with Gasteiger partial charge < -0.3 is 25.6 Å². The van der Waals surface area contributed by atoms with Crippen LogP contribution in [0, 0.1) is 5.41 Å². The number of rotatable bonds is 10. The van der Waals surface area contributed by atoms with Crippen molar-refractivity contribution in [3.8, 4) is 0 Å². The molecule has 0 radical (unpaired) electrons. The highest BCUT2D eigenvalue weighted by molar-refractivity contribution is 6.38. The first kappa shape index (κ1) is 32.4. The third-order valence-electron chi connectivity index (χ3n) is 7.18. The number of alkyl halides is 3. The number of ether oxygens (including phenoxy) is 1. The van der Waals surface area contributed by atoms with Gasteiger partial charge in [0.1, 0.15) is 12.1 Å². The number of hydrogen-bond donors (Lipinski definition) is 3. The lowest BCUT2D eigenvalue weighted by Gasteiger charge is -2.26. The highest BCUT2D eigenvalue weighted by Gasteiger charge is 2.44. The molecule has 0 unspecified atom stereocenters. The van der Waals surface area contributed by atoms with Crippen LogP contribution in [0.5, 0.6) is 0 Å². The maximum atomic E-state index is 13.0. The van der Waals surface area contributed by atoms with E-state index in [1.54, 1.807) is 20.8 Å². The molecule has 1 aliphatic rings. The molecule has 1 aliphatic heterocycles. The first-order chi connectivity index (χ1) is 19.7. The van der Waals surface area contributed by atoms with E-state index < -0.39 is 59.2 Å². The molecule has 3 atom stereocenters. The Morgan fingerprint density at radius 1 is 1.02 bits per heavy atom. The van der Waals surface area contributed by atoms with Gasteiger partial charge in [-0.15, -0.1) is 0 Å². The predicted octanol–water partition coefficient (Wildman–Crippen LogP) is 5.68. The van der Waals surface area contributed by atoms with Crippen LogP contribution < -0.4 is 16.0 Å². The number of carbonyl (C=O) groups is 4. The number of ketones is 1. The van der Waals surface area contributed by atoms with Crippen LogP contribution in [0.25, 0.3) is 0 Å². The van der Waals surface area contributed by atoms with Crippen molar-refractivity contribution in [3.63, 3.8) is 0 Å². The van der Waals surface area contributed by atoms with Gasteiger partial charge in [0, 0.05) is 17.6 Å². The standard InChI is InChI=1S/C30H37F3N4O5/c1-5-6-12-23(25(38)26(39)34-19(2)20-10-8-7-9-11-20)36-28(41)42-24-17-37(18-29(24,3)4)27(40)35-22-15-13-21(14-16-22)30(31,32)33/h7-11,13-16,19,23-24H,5-6,12,17-18H2,1-4H3,(H,34,39)(H,35,40)(H,36,41)/t19-,23+,24+/m1/s1. The van der Waals surface area contributed by atoms with Crippen molar-refractivity contribution >= 4 is 29.5 Å². The van der Waals surface area contributed by atoms with Crippen molar-refractivity contribution in [3.05, 3.63) is 65.7 Å². The molecule has 4 amide bonds. The van der Waals surface area contributed by atoms with Gasteiger partial charge in [0.25, 0.3) is 5.91 Å². The van der Waals surface area contributed by atoms with E-state index >= 15 is 0 Å². The van der Waals surface area contributed by atoms with E-state index in [4.69, 9.17) is 4.74 Å². The molecule has 0 saturated carbocycles. The van der Waals surface area contributed by atoms with Crippen LogP contribution >= 0.6 is 0 Å². The molecule has 2 aromatic carbocycles. The summed E-state index contributed by atoms with van der Waals surface area (Å²) < 4.78 is 44.1. The zero-order chi connectivity index (χ0) is 31.1. The van der Waals surface area contributed by atoms with E-state index in [9.17, 15) is 32.3 Å². The SMILES string of the molecule is CCCC[C@H](NC(=O)O[C@H]1CN(C(=O)Nc2ccc(C(F)(F)F)cc2)CC1(C)C)C(=O)C(=O)N[C@H](C)c1ccccc1. The molecule has 3 rings (SSSR count). The Bertz CT molecular complexity index is 1250. The fraction of sp³-hybridized carbons (Fsp3) is 0.467. The Labute approximate surface area is 243 Å². The molecule has 1 fully saturated rings. The first-order valence-corrected chi connectivity index (χ1v) is 13.8. The average molecular weight is 591 g/mol. The van der Waals surface area contributed by atoms with Gasteiger partial charge in [-0.3, -0.25) is 9.59 Å². The summed E-state index contributed by atoms with van der Waals surface area (Å²) in [5.74, 6) is -1.61. The molecule has 3 N–H and O–H groups in total. The summed E-state index contributed by atoms with van der Waals surface area (Å²) in [7, 11) is 0. The molecule has 42 heavy (non-hydrogen) atoms. The molecular formula is C30H37F3N4O5. The number of nitrogens with one attached hydrogen (secondary N) is 3. The Balaban J connectivity index is 1.59. The Hall–Kier alpha value is -4.09. The number of alkyl carbamates (subject to hydrolysis) is 1. The summed E-state index contributed by atoms with van der Waals surface area (Å²) in [6.45, 7) is 7.50. The summed E-state index contributed by atoms with van der Waals surface area (Å²) >= 11 is 0. The predicted molar refractivity (Wildman–Crippen MR) is 151 cm³/mol. The summed E-state index contributed by atoms with van der Waals surface area (Å²) in [4.78, 5) is 52.8. The lowest BCUT2D eigenvalue weighted by Crippen LogP contribution is -2.49. The third-order valence-corrected chi connectivity index (χ3v) is 7.18. The maximum Gasteiger partial charge on any atom is 0.416 e. The lowest BCUT2D eigenvalue weighted by molar-refractivity contribution is -0.139. The molecule has 0 aliphatic carbocycles. The third kappa shape index (κ3) is 8.70. The molecule has 1 heterocycles. The van der Waals surface area contributed by atoms with Crippen molar-refractivity contribution < 1.29 is 37.1 Å². The number of nitrogens with zero attached hydrogens (tertiary/aromatic N) is 1. The second-order valence-corrected chi connectivity index (χ2v) is 11.1. The van der Waals surface area contributed by atoms with Gasteiger partial charge in [-0.25, -0.2) is 9.59 Å². The van der Waals surface area contributed by atoms with E-state index in [0.717, 1.165) is 36.2 Å². The fourth-order valence-corrected chi connectivity index (χ4v) is 4.64. The van der Waals surface area contributed by atoms with E-state index in [1.165, 1.54) is 4.90 Å². The van der Waals surface area contributed by atoms with Crippen LogP contribution in [0.2, 0.25) is 0 Å². The smallest absolute Gasteiger partial charge is 0.416 e. The Morgan fingerprint density at radius 2 is 1.67 bits per heavy atom. The molecule has 9 nitrogen and oxygen atoms in total. The topological polar surface area (TPSA) is 117 Å². The minimum atomic E-state index is -4.49. The van der Waals surface area contributed by atoms with Crippen molar-refractivity contribution in [2.75, 3.05) is 18.4 Å². The van der Waals surface area contributed by atoms with Gasteiger partial charge >= 0.3 is 18.3 Å². The monoisotopic (exact) mass is 590 g/mol. The number of unbranched alkanes of at least 4 members (excludes halogenated alkanes) is 1. The van der Waals surface area contributed by atoms with Gasteiger partial charge in [0.05, 0.1) is 18.2 Å². The number of carbonyl (C=O) groups excluding carboxylic acids is 4. The van der Waals surface area contributed by atoms with Gasteiger partial charge in [-0.05, 0) is 43.2 Å². The molecular weight excluding hydrogens is 553 g/mol. The summed E-state index contributed by atoms with van der Waals surface area (Å²) in [6, 6.07) is 11.1. The number of hydrogen-bond acceptors (Lipinski definition) is 5. The van der Waals surface area contributed by atoms with Crippen LogP contribution in [0.4, 0.5) is 28.4 Å². The largest absolute Gasteiger partial charge is 0.444 e. The number of Topliss-reactive ketones (excluding diaryl/α,β-unsaturated/α-hetero) is 1. The van der Waals surface area contributed by atoms with E-state index in [2.05, 4.69) is 16.0 Å². The summed E-state index contributed by atoms with van der Waals surface area (Å²) in [5, 5.41) is 7.76. The quantitative estimate of drug-likeness (QED) is 0.308. The second-order valence-electron chi connectivity index (χ2n) is 11.1. The molecule has 0 aromatic heterocycles. The van der Waals surface area contributed by atoms with E-state index in [-0.39, 0.29) is 25.2 Å². The van der Waals surface area contributed by atoms with Gasteiger partial charge in [0.15, 0.2) is 0 Å². The normalized spacial score (nSPS) is 17.6. The van der Waals surface area contributed by atoms with Gasteiger partial charge in [0.2, 0.25) is 5.78 Å². The molecule has 228 valence electrons. The molecule has 0 spiro atoms. The summed E-state index contributed by atoms with van der Waals surface area (Å²) in [5.41, 5.74) is -0.488. The lowest BCUT2D eigenvalue weighted by atomic mass is 9.90. The van der Waals surface area contributed by atoms with Crippen LogP contribution in [-0.4, -0.2) is 54.0 Å². The number of amides is 4. The number of benzene rings is 2. The summed E-state index contributed by atoms with van der Waals surface area (Å²) in [6.07, 6.45) is -4.56. The van der Waals surface area contributed by atoms with Crippen LogP contribution in [0.3, 0.4) is 0 Å². The zero-order valence-electron chi connectivity index (χ0n) is 24.1. The van der Waals surface area contributed by atoms with Crippen LogP contribution in [0.15, 0.2) is 54.6 Å². The van der Waals surface area contributed by atoms with E-state index in [1.807, 2.05) is 37.3 Å². The van der Waals surface area contributed by atoms with E-state index in [0.29, 0.717) is 6.42 Å². The minimum Gasteiger partial charge on any atom is -0.444 e. The second kappa shape index (κ2) is 13.7. The molecule has 2 aromatic rings. The maximum absolute atomic E-state index is 13.0. The Morgan fingerprint density at radius 3 is 2.26 bits per heavy atom. The highest BCUT2D eigenvalue weighted by atomic mass is 19.4. The van der Waals surface area contributed by atoms with Crippen molar-refractivity contribution in [2.24, 2.45) is 5.41 Å². The highest BCUT2D eigenvalue weighted by Crippen LogP contribution is 2.33. The van der Waals surface area contributed by atoms with Crippen molar-refractivity contribution in [2.45, 2.75) is 71.3 Å². The number of halogens is 3. The number of anilines is 1. The zero-order valence-corrected chi connectivity index (χ0v) is 24.1. The first-order valence-electron chi connectivity index (χ1n) is 13.8. The Kier molecular flexibility index (Phi) is 10.6. The van der Waals surface area contributed by atoms with Crippen LogP contribution in [0.1, 0.15) is 64.1 Å².